The molecule has 0 spiro atoms. The Bertz CT molecular complexity index is 1290. The van der Waals surface area contributed by atoms with Crippen molar-refractivity contribution >= 4 is 17.5 Å². The third-order valence-corrected chi connectivity index (χ3v) is 6.34. The number of amides is 2. The SMILES string of the molecule is COCCN(CC(=O)N1N=C(c2cccc(OC)c2)CC1c1ccc(F)cc1)C(=O)c1ccc(OC)cc1. The summed E-state index contributed by atoms with van der Waals surface area (Å²) in [6.45, 7) is 0.268. The number of benzene rings is 3. The van der Waals surface area contributed by atoms with Gasteiger partial charge in [-0.25, -0.2) is 9.40 Å². The summed E-state index contributed by atoms with van der Waals surface area (Å²) >= 11 is 0. The zero-order valence-corrected chi connectivity index (χ0v) is 21.6. The molecule has 198 valence electrons. The van der Waals surface area contributed by atoms with Crippen LogP contribution in [0.4, 0.5) is 4.39 Å². The number of rotatable bonds is 10. The molecule has 3 aromatic carbocycles. The van der Waals surface area contributed by atoms with Crippen LogP contribution >= 0.6 is 0 Å². The number of methoxy groups -OCH3 is 3. The molecule has 8 nitrogen and oxygen atoms in total. The maximum absolute atomic E-state index is 13.7. The highest BCUT2D eigenvalue weighted by molar-refractivity contribution is 6.04. The van der Waals surface area contributed by atoms with Crippen LogP contribution in [-0.4, -0.2) is 68.5 Å². The standard InChI is InChI=1S/C29H30FN3O5/c1-36-16-15-32(29(35)21-9-13-24(37-2)14-10-21)19-28(34)33-27(20-7-11-23(30)12-8-20)18-26(31-33)22-5-4-6-25(17-22)38-3/h4-14,17,27H,15-16,18-19H2,1-3H3. The van der Waals surface area contributed by atoms with Gasteiger partial charge in [0, 0.05) is 31.2 Å². The van der Waals surface area contributed by atoms with Gasteiger partial charge in [-0.15, -0.1) is 0 Å². The molecular weight excluding hydrogens is 489 g/mol. The summed E-state index contributed by atoms with van der Waals surface area (Å²) in [5, 5.41) is 6.06. The van der Waals surface area contributed by atoms with Gasteiger partial charge < -0.3 is 19.1 Å². The summed E-state index contributed by atoms with van der Waals surface area (Å²) < 4.78 is 29.4. The van der Waals surface area contributed by atoms with E-state index in [4.69, 9.17) is 14.2 Å². The van der Waals surface area contributed by atoms with E-state index in [1.54, 1.807) is 50.6 Å². The summed E-state index contributed by atoms with van der Waals surface area (Å²) in [4.78, 5) is 28.4. The molecule has 1 aliphatic rings. The summed E-state index contributed by atoms with van der Waals surface area (Å²) in [7, 11) is 4.67. The van der Waals surface area contributed by atoms with Gasteiger partial charge >= 0.3 is 0 Å². The Balaban J connectivity index is 1.62. The van der Waals surface area contributed by atoms with E-state index in [9.17, 15) is 14.0 Å². The van der Waals surface area contributed by atoms with E-state index in [1.165, 1.54) is 29.2 Å². The first-order valence-electron chi connectivity index (χ1n) is 12.1. The molecule has 0 radical (unpaired) electrons. The molecule has 0 aromatic heterocycles. The number of carbonyl (C=O) groups is 2. The highest BCUT2D eigenvalue weighted by Gasteiger charge is 2.34. The van der Waals surface area contributed by atoms with Crippen LogP contribution in [0, 0.1) is 5.82 Å². The van der Waals surface area contributed by atoms with Gasteiger partial charge in [0.05, 0.1) is 32.6 Å². The highest BCUT2D eigenvalue weighted by Crippen LogP contribution is 2.33. The largest absolute Gasteiger partial charge is 0.497 e. The lowest BCUT2D eigenvalue weighted by Gasteiger charge is -2.27. The molecule has 3 aromatic rings. The molecule has 0 aliphatic carbocycles. The second kappa shape index (κ2) is 12.3. The lowest BCUT2D eigenvalue weighted by molar-refractivity contribution is -0.133. The van der Waals surface area contributed by atoms with Gasteiger partial charge in [-0.1, -0.05) is 24.3 Å². The molecule has 2 amide bonds. The Labute approximate surface area is 221 Å². The first kappa shape index (κ1) is 26.8. The maximum atomic E-state index is 13.7. The lowest BCUT2D eigenvalue weighted by Crippen LogP contribution is -2.42. The van der Waals surface area contributed by atoms with E-state index >= 15 is 0 Å². The van der Waals surface area contributed by atoms with Crippen molar-refractivity contribution < 1.29 is 28.2 Å². The molecule has 0 saturated heterocycles. The second-order valence-corrected chi connectivity index (χ2v) is 8.74. The number of ether oxygens (including phenoxy) is 3. The first-order valence-corrected chi connectivity index (χ1v) is 12.1. The Morgan fingerprint density at radius 2 is 1.68 bits per heavy atom. The minimum atomic E-state index is -0.454. The fourth-order valence-electron chi connectivity index (χ4n) is 4.27. The van der Waals surface area contributed by atoms with Crippen molar-refractivity contribution in [1.82, 2.24) is 9.91 Å². The smallest absolute Gasteiger partial charge is 0.262 e. The summed E-state index contributed by atoms with van der Waals surface area (Å²) in [6, 6.07) is 19.7. The second-order valence-electron chi connectivity index (χ2n) is 8.74. The zero-order valence-electron chi connectivity index (χ0n) is 21.6. The fraction of sp³-hybridized carbons (Fsp3) is 0.276. The van der Waals surface area contributed by atoms with E-state index in [0.29, 0.717) is 29.2 Å². The van der Waals surface area contributed by atoms with Crippen LogP contribution in [0.25, 0.3) is 0 Å². The minimum absolute atomic E-state index is 0.208. The average Bonchev–Trinajstić information content (AvgIpc) is 3.41. The van der Waals surface area contributed by atoms with Crippen LogP contribution in [-0.2, 0) is 9.53 Å². The average molecular weight is 520 g/mol. The molecule has 0 fully saturated rings. The molecule has 38 heavy (non-hydrogen) atoms. The Morgan fingerprint density at radius 1 is 0.974 bits per heavy atom. The van der Waals surface area contributed by atoms with Gasteiger partial charge in [0.25, 0.3) is 11.8 Å². The topological polar surface area (TPSA) is 80.7 Å². The van der Waals surface area contributed by atoms with Gasteiger partial charge in [0.1, 0.15) is 23.9 Å². The van der Waals surface area contributed by atoms with Crippen LogP contribution in [0.3, 0.4) is 0 Å². The van der Waals surface area contributed by atoms with Crippen LogP contribution in [0.5, 0.6) is 11.5 Å². The third kappa shape index (κ3) is 6.18. The molecule has 1 atom stereocenters. The molecule has 1 aliphatic heterocycles. The van der Waals surface area contributed by atoms with E-state index in [1.807, 2.05) is 24.3 Å². The fourth-order valence-corrected chi connectivity index (χ4v) is 4.27. The molecular formula is C29H30FN3O5. The Morgan fingerprint density at radius 3 is 2.34 bits per heavy atom. The molecule has 1 heterocycles. The number of hydrazone groups is 1. The molecule has 4 rings (SSSR count). The van der Waals surface area contributed by atoms with Crippen molar-refractivity contribution in [2.45, 2.75) is 12.5 Å². The van der Waals surface area contributed by atoms with Gasteiger partial charge in [0.2, 0.25) is 0 Å². The number of nitrogens with zero attached hydrogens (tertiary/aromatic N) is 3. The van der Waals surface area contributed by atoms with Crippen molar-refractivity contribution in [3.05, 3.63) is 95.3 Å². The third-order valence-electron chi connectivity index (χ3n) is 6.34. The van der Waals surface area contributed by atoms with Crippen molar-refractivity contribution in [3.8, 4) is 11.5 Å². The quantitative estimate of drug-likeness (QED) is 0.399. The van der Waals surface area contributed by atoms with Crippen LogP contribution in [0.15, 0.2) is 77.9 Å². The summed E-state index contributed by atoms with van der Waals surface area (Å²) in [5.41, 5.74) is 2.67. The lowest BCUT2D eigenvalue weighted by atomic mass is 9.98. The molecule has 0 N–H and O–H groups in total. The predicted octanol–water partition coefficient (Wildman–Crippen LogP) is 4.31. The Kier molecular flexibility index (Phi) is 8.70. The minimum Gasteiger partial charge on any atom is -0.497 e. The normalized spacial score (nSPS) is 14.7. The molecule has 9 heteroatoms. The van der Waals surface area contributed by atoms with Crippen molar-refractivity contribution in [2.24, 2.45) is 5.10 Å². The van der Waals surface area contributed by atoms with Crippen LogP contribution < -0.4 is 9.47 Å². The van der Waals surface area contributed by atoms with Crippen molar-refractivity contribution in [1.29, 1.82) is 0 Å². The highest BCUT2D eigenvalue weighted by atomic mass is 19.1. The van der Waals surface area contributed by atoms with Crippen molar-refractivity contribution in [2.75, 3.05) is 41.0 Å². The van der Waals surface area contributed by atoms with Gasteiger partial charge in [-0.3, -0.25) is 9.59 Å². The van der Waals surface area contributed by atoms with Crippen molar-refractivity contribution in [3.63, 3.8) is 0 Å². The van der Waals surface area contributed by atoms with E-state index in [-0.39, 0.29) is 37.3 Å². The number of halogens is 1. The van der Waals surface area contributed by atoms with Crippen LogP contribution in [0.1, 0.15) is 33.9 Å². The predicted molar refractivity (Wildman–Crippen MR) is 141 cm³/mol. The number of hydrogen-bond acceptors (Lipinski definition) is 6. The molecule has 1 unspecified atom stereocenters. The molecule has 0 saturated carbocycles. The Hall–Kier alpha value is -4.24. The van der Waals surface area contributed by atoms with Gasteiger partial charge in [-0.2, -0.15) is 5.10 Å². The summed E-state index contributed by atoms with van der Waals surface area (Å²) in [5.74, 6) is 0.251. The first-order chi connectivity index (χ1) is 18.4. The van der Waals surface area contributed by atoms with Crippen LogP contribution in [0.2, 0.25) is 0 Å². The summed E-state index contributed by atoms with van der Waals surface area (Å²) in [6.07, 6.45) is 0.426. The number of carbonyl (C=O) groups excluding carboxylic acids is 2. The van der Waals surface area contributed by atoms with E-state index < -0.39 is 6.04 Å². The monoisotopic (exact) mass is 519 g/mol. The number of hydrogen-bond donors (Lipinski definition) is 0. The van der Waals surface area contributed by atoms with Gasteiger partial charge in [0.15, 0.2) is 0 Å². The van der Waals surface area contributed by atoms with E-state index in [2.05, 4.69) is 5.10 Å². The maximum Gasteiger partial charge on any atom is 0.262 e. The van der Waals surface area contributed by atoms with Gasteiger partial charge in [-0.05, 0) is 54.1 Å². The van der Waals surface area contributed by atoms with E-state index in [0.717, 1.165) is 11.1 Å². The molecule has 0 bridgehead atoms. The zero-order chi connectivity index (χ0) is 27.1.